The van der Waals surface area contributed by atoms with Gasteiger partial charge in [0.25, 0.3) is 0 Å². The quantitative estimate of drug-likeness (QED) is 0.894. The number of hydrogen-bond donors (Lipinski definition) is 2. The van der Waals surface area contributed by atoms with Crippen LogP contribution in [0.15, 0.2) is 41.4 Å². The molecule has 0 amide bonds. The molecule has 0 saturated carbocycles. The number of benzene rings is 1. The number of anilines is 3. The minimum atomic E-state index is -3.18. The van der Waals surface area contributed by atoms with E-state index in [4.69, 9.17) is 5.73 Å². The number of sulfone groups is 1. The van der Waals surface area contributed by atoms with Gasteiger partial charge in [-0.3, -0.25) is 0 Å². The molecule has 0 saturated heterocycles. The number of nitrogens with one attached hydrogen (secondary N) is 1. The van der Waals surface area contributed by atoms with Crippen LogP contribution in [0.5, 0.6) is 0 Å². The van der Waals surface area contributed by atoms with E-state index in [1.54, 1.807) is 18.2 Å². The van der Waals surface area contributed by atoms with Crippen LogP contribution < -0.4 is 11.1 Å². The molecular weight excluding hydrogens is 288 g/mol. The van der Waals surface area contributed by atoms with E-state index in [0.29, 0.717) is 17.5 Å². The second-order valence-corrected chi connectivity index (χ2v) is 5.74. The van der Waals surface area contributed by atoms with Gasteiger partial charge in [0.1, 0.15) is 5.82 Å². The van der Waals surface area contributed by atoms with Crippen molar-refractivity contribution in [2.45, 2.75) is 4.90 Å². The van der Waals surface area contributed by atoms with Gasteiger partial charge in [-0.25, -0.2) is 13.4 Å². The predicted octanol–water partition coefficient (Wildman–Crippen LogP) is 1.63. The molecule has 102 valence electrons. The molecule has 0 bridgehead atoms. The Balaban J connectivity index is 0.00000180. The Kier molecular flexibility index (Phi) is 4.68. The van der Waals surface area contributed by atoms with E-state index in [-0.39, 0.29) is 17.3 Å². The minimum Gasteiger partial charge on any atom is -0.384 e. The highest BCUT2D eigenvalue weighted by molar-refractivity contribution is 7.90. The number of aromatic nitrogens is 2. The monoisotopic (exact) mass is 300 g/mol. The van der Waals surface area contributed by atoms with E-state index in [9.17, 15) is 8.42 Å². The summed E-state index contributed by atoms with van der Waals surface area (Å²) in [6, 6.07) is 7.90. The van der Waals surface area contributed by atoms with Gasteiger partial charge < -0.3 is 11.1 Å². The average Bonchev–Trinajstić information content (AvgIpc) is 2.28. The van der Waals surface area contributed by atoms with Crippen molar-refractivity contribution in [1.29, 1.82) is 0 Å². The SMILES string of the molecule is CS(=O)(=O)c1ccc(Nc2nccc(N)n2)cc1.Cl. The fourth-order valence-electron chi connectivity index (χ4n) is 1.35. The second-order valence-electron chi connectivity index (χ2n) is 3.73. The van der Waals surface area contributed by atoms with Crippen LogP contribution in [0.1, 0.15) is 0 Å². The maximum Gasteiger partial charge on any atom is 0.229 e. The first-order valence-electron chi connectivity index (χ1n) is 5.11. The highest BCUT2D eigenvalue weighted by atomic mass is 35.5. The summed E-state index contributed by atoms with van der Waals surface area (Å²) in [6.45, 7) is 0. The smallest absolute Gasteiger partial charge is 0.229 e. The summed E-state index contributed by atoms with van der Waals surface area (Å²) in [7, 11) is -3.18. The number of halogens is 1. The molecular formula is C11H13ClN4O2S. The van der Waals surface area contributed by atoms with Gasteiger partial charge in [0.2, 0.25) is 5.95 Å². The number of rotatable bonds is 3. The molecule has 6 nitrogen and oxygen atoms in total. The van der Waals surface area contributed by atoms with Crippen molar-refractivity contribution < 1.29 is 8.42 Å². The van der Waals surface area contributed by atoms with E-state index < -0.39 is 9.84 Å². The molecule has 8 heteroatoms. The van der Waals surface area contributed by atoms with Crippen molar-refractivity contribution in [3.63, 3.8) is 0 Å². The summed E-state index contributed by atoms with van der Waals surface area (Å²) in [5.74, 6) is 0.724. The number of nitrogen functional groups attached to an aromatic ring is 1. The van der Waals surface area contributed by atoms with Gasteiger partial charge in [-0.1, -0.05) is 0 Å². The average molecular weight is 301 g/mol. The zero-order valence-electron chi connectivity index (χ0n) is 10.1. The minimum absolute atomic E-state index is 0. The van der Waals surface area contributed by atoms with Crippen LogP contribution in [0.3, 0.4) is 0 Å². The van der Waals surface area contributed by atoms with Crippen molar-refractivity contribution in [3.05, 3.63) is 36.5 Å². The number of hydrogen-bond acceptors (Lipinski definition) is 6. The lowest BCUT2D eigenvalue weighted by Crippen LogP contribution is -2.00. The first-order valence-corrected chi connectivity index (χ1v) is 7.00. The summed E-state index contributed by atoms with van der Waals surface area (Å²) in [5.41, 5.74) is 6.21. The fraction of sp³-hybridized carbons (Fsp3) is 0.0909. The standard InChI is InChI=1S/C11H12N4O2S.ClH/c1-18(16,17)9-4-2-8(3-5-9)14-11-13-7-6-10(12)15-11;/h2-7H,1H3,(H3,12,13,14,15);1H. The van der Waals surface area contributed by atoms with Crippen LogP contribution >= 0.6 is 12.4 Å². The molecule has 0 fully saturated rings. The van der Waals surface area contributed by atoms with Crippen molar-refractivity contribution >= 4 is 39.7 Å². The zero-order chi connectivity index (χ0) is 13.2. The molecule has 0 radical (unpaired) electrons. The largest absolute Gasteiger partial charge is 0.384 e. The molecule has 0 atom stereocenters. The Labute approximate surface area is 117 Å². The normalized spacial score (nSPS) is 10.6. The van der Waals surface area contributed by atoms with Crippen LogP contribution in [0.4, 0.5) is 17.5 Å². The summed E-state index contributed by atoms with van der Waals surface area (Å²) in [6.07, 6.45) is 2.70. The molecule has 3 N–H and O–H groups in total. The first kappa shape index (κ1) is 15.2. The predicted molar refractivity (Wildman–Crippen MR) is 76.5 cm³/mol. The summed E-state index contributed by atoms with van der Waals surface area (Å²) in [4.78, 5) is 8.23. The third-order valence-electron chi connectivity index (χ3n) is 2.22. The molecule has 19 heavy (non-hydrogen) atoms. The van der Waals surface area contributed by atoms with Gasteiger partial charge >= 0.3 is 0 Å². The van der Waals surface area contributed by atoms with Gasteiger partial charge in [0.15, 0.2) is 9.84 Å². The molecule has 1 aromatic heterocycles. The lowest BCUT2D eigenvalue weighted by atomic mass is 10.3. The third kappa shape index (κ3) is 4.08. The summed E-state index contributed by atoms with van der Waals surface area (Å²) in [5, 5.41) is 2.93. The fourth-order valence-corrected chi connectivity index (χ4v) is 1.98. The van der Waals surface area contributed by atoms with E-state index >= 15 is 0 Å². The van der Waals surface area contributed by atoms with Gasteiger partial charge in [-0.15, -0.1) is 12.4 Å². The number of nitrogens with two attached hydrogens (primary N) is 1. The third-order valence-corrected chi connectivity index (χ3v) is 3.34. The topological polar surface area (TPSA) is 98.0 Å². The van der Waals surface area contributed by atoms with Gasteiger partial charge in [-0.05, 0) is 30.3 Å². The molecule has 0 aliphatic heterocycles. The zero-order valence-corrected chi connectivity index (χ0v) is 11.7. The van der Waals surface area contributed by atoms with E-state index in [0.717, 1.165) is 6.26 Å². The summed E-state index contributed by atoms with van der Waals surface area (Å²) >= 11 is 0. The van der Waals surface area contributed by atoms with Gasteiger partial charge in [0.05, 0.1) is 4.90 Å². The van der Waals surface area contributed by atoms with Crippen LogP contribution in [-0.4, -0.2) is 24.6 Å². The van der Waals surface area contributed by atoms with Gasteiger partial charge in [0, 0.05) is 18.1 Å². The Morgan fingerprint density at radius 1 is 1.16 bits per heavy atom. The molecule has 1 heterocycles. The molecule has 0 aliphatic rings. The lowest BCUT2D eigenvalue weighted by Gasteiger charge is -2.05. The Morgan fingerprint density at radius 2 is 1.79 bits per heavy atom. The lowest BCUT2D eigenvalue weighted by molar-refractivity contribution is 0.602. The van der Waals surface area contributed by atoms with Crippen molar-refractivity contribution in [2.24, 2.45) is 0 Å². The maximum absolute atomic E-state index is 11.3. The highest BCUT2D eigenvalue weighted by Gasteiger charge is 2.06. The van der Waals surface area contributed by atoms with Gasteiger partial charge in [-0.2, -0.15) is 4.98 Å². The molecule has 2 rings (SSSR count). The molecule has 2 aromatic rings. The van der Waals surface area contributed by atoms with Crippen LogP contribution in [0.25, 0.3) is 0 Å². The van der Waals surface area contributed by atoms with Crippen LogP contribution in [-0.2, 0) is 9.84 Å². The Morgan fingerprint density at radius 3 is 2.32 bits per heavy atom. The molecule has 1 aromatic carbocycles. The molecule has 0 unspecified atom stereocenters. The van der Waals surface area contributed by atoms with Crippen molar-refractivity contribution in [1.82, 2.24) is 9.97 Å². The first-order chi connectivity index (χ1) is 8.45. The van der Waals surface area contributed by atoms with E-state index in [1.165, 1.54) is 18.3 Å². The van der Waals surface area contributed by atoms with Crippen LogP contribution in [0.2, 0.25) is 0 Å². The van der Waals surface area contributed by atoms with Crippen LogP contribution in [0, 0.1) is 0 Å². The maximum atomic E-state index is 11.3. The summed E-state index contributed by atoms with van der Waals surface area (Å²) < 4.78 is 22.6. The number of nitrogens with zero attached hydrogens (tertiary/aromatic N) is 2. The van der Waals surface area contributed by atoms with E-state index in [2.05, 4.69) is 15.3 Å². The Bertz CT molecular complexity index is 659. The molecule has 0 spiro atoms. The second kappa shape index (κ2) is 5.85. The molecule has 0 aliphatic carbocycles. The van der Waals surface area contributed by atoms with E-state index in [1.807, 2.05) is 0 Å². The highest BCUT2D eigenvalue weighted by Crippen LogP contribution is 2.16. The Hall–Kier alpha value is -1.86. The van der Waals surface area contributed by atoms with Crippen molar-refractivity contribution in [2.75, 3.05) is 17.3 Å². The van der Waals surface area contributed by atoms with Crippen molar-refractivity contribution in [3.8, 4) is 0 Å².